The zero-order valence-corrected chi connectivity index (χ0v) is 16.4. The first-order chi connectivity index (χ1) is 13.6. The Hall–Kier alpha value is -2.44. The maximum Gasteiger partial charge on any atom is 0.269 e. The van der Waals surface area contributed by atoms with Crippen LogP contribution in [0.3, 0.4) is 0 Å². The fourth-order valence-electron chi connectivity index (χ4n) is 5.04. The predicted molar refractivity (Wildman–Crippen MR) is 105 cm³/mol. The highest BCUT2D eigenvalue weighted by atomic mass is 16.6. The van der Waals surface area contributed by atoms with E-state index >= 15 is 0 Å². The van der Waals surface area contributed by atoms with E-state index < -0.39 is 0 Å². The number of hydrogen-bond donors (Lipinski definition) is 1. The monoisotopic (exact) mass is 384 g/mol. The molecule has 2 fully saturated rings. The Labute approximate surface area is 165 Å². The van der Waals surface area contributed by atoms with E-state index in [1.54, 1.807) is 12.4 Å². The first kappa shape index (κ1) is 18.9. The van der Waals surface area contributed by atoms with Crippen LogP contribution in [0, 0.1) is 11.3 Å². The molecule has 1 spiro atoms. The van der Waals surface area contributed by atoms with Crippen LogP contribution < -0.4 is 5.32 Å². The van der Waals surface area contributed by atoms with Gasteiger partial charge in [-0.25, -0.2) is 0 Å². The fourth-order valence-corrected chi connectivity index (χ4v) is 5.04. The smallest absolute Gasteiger partial charge is 0.269 e. The number of aromatic nitrogens is 1. The SMILES string of the molecule is CCC(=O)N1CCC2(CC[C@@H]3ON=C(C(=O)NCCc4ccncc4)[C@@H]32)CC1. The highest BCUT2D eigenvalue weighted by Crippen LogP contribution is 2.54. The number of pyridine rings is 1. The Kier molecular flexibility index (Phi) is 5.33. The van der Waals surface area contributed by atoms with E-state index in [1.165, 1.54) is 0 Å². The molecule has 1 aromatic heterocycles. The van der Waals surface area contributed by atoms with Crippen molar-refractivity contribution in [2.24, 2.45) is 16.5 Å². The van der Waals surface area contributed by atoms with Gasteiger partial charge in [-0.1, -0.05) is 12.1 Å². The van der Waals surface area contributed by atoms with E-state index in [9.17, 15) is 9.59 Å². The molecule has 0 bridgehead atoms. The van der Waals surface area contributed by atoms with Crippen molar-refractivity contribution in [1.29, 1.82) is 0 Å². The quantitative estimate of drug-likeness (QED) is 0.841. The number of likely N-dealkylation sites (tertiary alicyclic amines) is 1. The summed E-state index contributed by atoms with van der Waals surface area (Å²) in [5.74, 6) is 0.150. The summed E-state index contributed by atoms with van der Waals surface area (Å²) in [4.78, 5) is 36.4. The Morgan fingerprint density at radius 3 is 2.71 bits per heavy atom. The van der Waals surface area contributed by atoms with Gasteiger partial charge in [-0.3, -0.25) is 14.6 Å². The molecule has 2 amide bonds. The molecule has 150 valence electrons. The molecule has 3 aliphatic rings. The number of carbonyl (C=O) groups is 2. The average Bonchev–Trinajstić information content (AvgIpc) is 3.31. The number of fused-ring (bicyclic) bond motifs is 2. The summed E-state index contributed by atoms with van der Waals surface area (Å²) >= 11 is 0. The lowest BCUT2D eigenvalue weighted by Crippen LogP contribution is -2.49. The summed E-state index contributed by atoms with van der Waals surface area (Å²) in [6, 6.07) is 3.91. The van der Waals surface area contributed by atoms with Gasteiger partial charge in [0.05, 0.1) is 5.92 Å². The van der Waals surface area contributed by atoms with E-state index in [2.05, 4.69) is 15.5 Å². The second kappa shape index (κ2) is 7.89. The topological polar surface area (TPSA) is 83.9 Å². The Bertz CT molecular complexity index is 756. The van der Waals surface area contributed by atoms with E-state index in [0.717, 1.165) is 50.8 Å². The van der Waals surface area contributed by atoms with Crippen LogP contribution in [0.4, 0.5) is 0 Å². The van der Waals surface area contributed by atoms with Gasteiger partial charge in [0, 0.05) is 38.4 Å². The second-order valence-corrected chi connectivity index (χ2v) is 8.09. The molecular formula is C21H28N4O3. The Morgan fingerprint density at radius 2 is 2.00 bits per heavy atom. The summed E-state index contributed by atoms with van der Waals surface area (Å²) in [7, 11) is 0. The molecule has 4 rings (SSSR count). The summed E-state index contributed by atoms with van der Waals surface area (Å²) in [5.41, 5.74) is 1.73. The van der Waals surface area contributed by atoms with Crippen LogP contribution in [0.25, 0.3) is 0 Å². The molecule has 2 aliphatic heterocycles. The number of hydrogen-bond acceptors (Lipinski definition) is 5. The van der Waals surface area contributed by atoms with E-state index in [4.69, 9.17) is 4.84 Å². The molecule has 7 nitrogen and oxygen atoms in total. The molecule has 1 aromatic rings. The summed E-state index contributed by atoms with van der Waals surface area (Å²) in [5, 5.41) is 7.19. The van der Waals surface area contributed by atoms with Crippen LogP contribution in [0.5, 0.6) is 0 Å². The lowest BCUT2D eigenvalue weighted by atomic mass is 9.68. The van der Waals surface area contributed by atoms with Crippen molar-refractivity contribution >= 4 is 17.5 Å². The van der Waals surface area contributed by atoms with E-state index in [0.29, 0.717) is 18.7 Å². The standard InChI is InChI=1S/C21H28N4O3/c1-2-17(26)25-13-8-21(9-14-25)7-3-16-18(21)19(24-28-16)20(27)23-12-6-15-4-10-22-11-5-15/h4-5,10-11,16,18H,2-3,6-9,12-14H2,1H3,(H,23,27)/t16-,18+/m0/s1. The lowest BCUT2D eigenvalue weighted by Gasteiger charge is -2.42. The molecule has 2 atom stereocenters. The molecule has 1 N–H and O–H groups in total. The lowest BCUT2D eigenvalue weighted by molar-refractivity contribution is -0.133. The van der Waals surface area contributed by atoms with Gasteiger partial charge >= 0.3 is 0 Å². The normalized spacial score (nSPS) is 25.2. The Morgan fingerprint density at radius 1 is 1.25 bits per heavy atom. The summed E-state index contributed by atoms with van der Waals surface area (Å²) < 4.78 is 0. The van der Waals surface area contributed by atoms with Crippen molar-refractivity contribution in [3.05, 3.63) is 30.1 Å². The summed E-state index contributed by atoms with van der Waals surface area (Å²) in [6.07, 6.45) is 8.66. The van der Waals surface area contributed by atoms with Crippen molar-refractivity contribution in [3.8, 4) is 0 Å². The molecule has 1 saturated heterocycles. The number of oxime groups is 1. The van der Waals surface area contributed by atoms with Crippen molar-refractivity contribution in [1.82, 2.24) is 15.2 Å². The van der Waals surface area contributed by atoms with Gasteiger partial charge in [-0.05, 0) is 55.2 Å². The minimum atomic E-state index is -0.116. The average molecular weight is 384 g/mol. The first-order valence-corrected chi connectivity index (χ1v) is 10.3. The largest absolute Gasteiger partial charge is 0.391 e. The highest BCUT2D eigenvalue weighted by molar-refractivity contribution is 6.40. The molecule has 28 heavy (non-hydrogen) atoms. The minimum absolute atomic E-state index is 0.00868. The Balaban J connectivity index is 1.37. The third-order valence-corrected chi connectivity index (χ3v) is 6.63. The number of piperidine rings is 1. The van der Waals surface area contributed by atoms with Gasteiger partial charge in [-0.2, -0.15) is 0 Å². The van der Waals surface area contributed by atoms with Crippen LogP contribution in [-0.4, -0.2) is 53.1 Å². The fraction of sp³-hybridized carbons (Fsp3) is 0.619. The molecule has 7 heteroatoms. The van der Waals surface area contributed by atoms with E-state index in [-0.39, 0.29) is 29.3 Å². The summed E-state index contributed by atoms with van der Waals surface area (Å²) in [6.45, 7) is 4.01. The van der Waals surface area contributed by atoms with Gasteiger partial charge < -0.3 is 15.1 Å². The van der Waals surface area contributed by atoms with Gasteiger partial charge in [0.1, 0.15) is 6.10 Å². The first-order valence-electron chi connectivity index (χ1n) is 10.3. The number of nitrogens with zero attached hydrogens (tertiary/aromatic N) is 3. The highest BCUT2D eigenvalue weighted by Gasteiger charge is 2.57. The number of rotatable bonds is 5. The van der Waals surface area contributed by atoms with Crippen LogP contribution in [-0.2, 0) is 20.8 Å². The van der Waals surface area contributed by atoms with Crippen LogP contribution in [0.1, 0.15) is 44.6 Å². The van der Waals surface area contributed by atoms with Crippen molar-refractivity contribution in [2.75, 3.05) is 19.6 Å². The van der Waals surface area contributed by atoms with Gasteiger partial charge in [-0.15, -0.1) is 0 Å². The molecule has 1 aliphatic carbocycles. The third kappa shape index (κ3) is 3.50. The van der Waals surface area contributed by atoms with Gasteiger partial charge in [0.15, 0.2) is 5.71 Å². The van der Waals surface area contributed by atoms with Crippen LogP contribution in [0.2, 0.25) is 0 Å². The number of nitrogens with one attached hydrogen (secondary N) is 1. The zero-order valence-electron chi connectivity index (χ0n) is 16.4. The molecule has 0 radical (unpaired) electrons. The predicted octanol–water partition coefficient (Wildman–Crippen LogP) is 1.92. The number of carbonyl (C=O) groups excluding carboxylic acids is 2. The van der Waals surface area contributed by atoms with Crippen molar-refractivity contribution in [3.63, 3.8) is 0 Å². The maximum atomic E-state index is 12.8. The molecule has 0 unspecified atom stereocenters. The maximum absolute atomic E-state index is 12.8. The van der Waals surface area contributed by atoms with E-state index in [1.807, 2.05) is 24.0 Å². The van der Waals surface area contributed by atoms with Crippen molar-refractivity contribution in [2.45, 2.75) is 51.6 Å². The van der Waals surface area contributed by atoms with Crippen LogP contribution in [0.15, 0.2) is 29.7 Å². The molecule has 3 heterocycles. The molecule has 1 saturated carbocycles. The number of amides is 2. The van der Waals surface area contributed by atoms with Crippen molar-refractivity contribution < 1.29 is 14.4 Å². The zero-order chi connectivity index (χ0) is 19.6. The molecular weight excluding hydrogens is 356 g/mol. The van der Waals surface area contributed by atoms with Crippen LogP contribution >= 0.6 is 0 Å². The van der Waals surface area contributed by atoms with Gasteiger partial charge in [0.2, 0.25) is 5.91 Å². The third-order valence-electron chi connectivity index (χ3n) is 6.63. The molecule has 0 aromatic carbocycles. The van der Waals surface area contributed by atoms with Gasteiger partial charge in [0.25, 0.3) is 5.91 Å². The second-order valence-electron chi connectivity index (χ2n) is 8.09. The minimum Gasteiger partial charge on any atom is -0.391 e.